The molecule has 178 valence electrons. The van der Waals surface area contributed by atoms with Crippen molar-refractivity contribution in [3.63, 3.8) is 0 Å². The van der Waals surface area contributed by atoms with Crippen molar-refractivity contribution in [1.29, 1.82) is 0 Å². The van der Waals surface area contributed by atoms with Crippen molar-refractivity contribution in [2.45, 2.75) is 64.8 Å². The second kappa shape index (κ2) is 9.24. The van der Waals surface area contributed by atoms with Crippen molar-refractivity contribution in [3.05, 3.63) is 56.8 Å². The average molecular weight is 481 g/mol. The third kappa shape index (κ3) is 4.59. The summed E-state index contributed by atoms with van der Waals surface area (Å²) in [5.74, 6) is 1.18. The second-order valence-corrected chi connectivity index (χ2v) is 9.81. The number of nitrogens with zero attached hydrogens (tertiary/aromatic N) is 5. The molecule has 0 spiro atoms. The summed E-state index contributed by atoms with van der Waals surface area (Å²) < 4.78 is 1.95. The van der Waals surface area contributed by atoms with Gasteiger partial charge in [0.1, 0.15) is 17.0 Å². The van der Waals surface area contributed by atoms with E-state index in [1.807, 2.05) is 29.1 Å². The van der Waals surface area contributed by atoms with Gasteiger partial charge in [-0.25, -0.2) is 19.6 Å². The van der Waals surface area contributed by atoms with Crippen LogP contribution < -0.4 is 16.2 Å². The molecule has 0 radical (unpaired) electrons. The molecule has 5 heterocycles. The molecule has 0 aliphatic carbocycles. The predicted octanol–water partition coefficient (Wildman–Crippen LogP) is 2.81. The number of pyridine rings is 1. The van der Waals surface area contributed by atoms with Crippen molar-refractivity contribution in [1.82, 2.24) is 35.0 Å². The molecule has 4 N–H and O–H groups in total. The average Bonchev–Trinajstić information content (AvgIpc) is 3.37. The quantitative estimate of drug-likeness (QED) is 0.331. The Bertz CT molecular complexity index is 1370. The predicted molar refractivity (Wildman–Crippen MR) is 132 cm³/mol. The molecule has 0 aromatic carbocycles. The summed E-state index contributed by atoms with van der Waals surface area (Å²) in [7, 11) is 0. The Morgan fingerprint density at radius 3 is 2.74 bits per heavy atom. The number of anilines is 2. The SMILES string of the molecule is Cc1nn(C2C[C@@H](C)N[C@@H](C)C2)c2nc(Cc3csc(Nc4cccc(CO)n4)n3)[nH]c(=O)c12. The third-order valence-corrected chi connectivity index (χ3v) is 6.86. The number of hydrogen-bond acceptors (Lipinski definition) is 9. The van der Waals surface area contributed by atoms with E-state index in [0.717, 1.165) is 18.5 Å². The number of thiazole rings is 1. The highest BCUT2D eigenvalue weighted by atomic mass is 32.1. The summed E-state index contributed by atoms with van der Waals surface area (Å²) in [6.45, 7) is 6.10. The molecule has 5 rings (SSSR count). The van der Waals surface area contributed by atoms with Crippen molar-refractivity contribution in [2.75, 3.05) is 5.32 Å². The van der Waals surface area contributed by atoms with Gasteiger partial charge in [-0.2, -0.15) is 5.10 Å². The van der Waals surface area contributed by atoms with E-state index < -0.39 is 0 Å². The molecule has 0 bridgehead atoms. The molecule has 4 aromatic heterocycles. The number of aliphatic hydroxyl groups excluding tert-OH is 1. The zero-order valence-corrected chi connectivity index (χ0v) is 20.2. The minimum atomic E-state index is -0.169. The number of nitrogens with one attached hydrogen (secondary N) is 3. The Morgan fingerprint density at radius 1 is 1.18 bits per heavy atom. The van der Waals surface area contributed by atoms with Gasteiger partial charge >= 0.3 is 0 Å². The minimum Gasteiger partial charge on any atom is -0.390 e. The van der Waals surface area contributed by atoms with Crippen LogP contribution in [0.5, 0.6) is 0 Å². The maximum absolute atomic E-state index is 12.9. The monoisotopic (exact) mass is 480 g/mol. The van der Waals surface area contributed by atoms with Crippen molar-refractivity contribution in [2.24, 2.45) is 0 Å². The summed E-state index contributed by atoms with van der Waals surface area (Å²) in [4.78, 5) is 29.6. The number of fused-ring (bicyclic) bond motifs is 1. The Labute approximate surface area is 200 Å². The van der Waals surface area contributed by atoms with Crippen LogP contribution in [0.3, 0.4) is 0 Å². The Hall–Kier alpha value is -3.15. The van der Waals surface area contributed by atoms with Crippen LogP contribution in [0.2, 0.25) is 0 Å². The first kappa shape index (κ1) is 22.6. The lowest BCUT2D eigenvalue weighted by atomic mass is 9.95. The van der Waals surface area contributed by atoms with Crippen LogP contribution in [0.1, 0.15) is 55.6 Å². The Kier molecular flexibility index (Phi) is 6.15. The van der Waals surface area contributed by atoms with E-state index >= 15 is 0 Å². The van der Waals surface area contributed by atoms with Crippen LogP contribution in [-0.2, 0) is 13.0 Å². The van der Waals surface area contributed by atoms with Gasteiger partial charge in [-0.15, -0.1) is 11.3 Å². The fraction of sp³-hybridized carbons (Fsp3) is 0.435. The molecule has 1 aliphatic heterocycles. The van der Waals surface area contributed by atoms with Gasteiger partial charge in [-0.1, -0.05) is 6.07 Å². The van der Waals surface area contributed by atoms with E-state index in [1.54, 1.807) is 6.07 Å². The smallest absolute Gasteiger partial charge is 0.262 e. The first-order chi connectivity index (χ1) is 16.4. The molecule has 3 atom stereocenters. The molecule has 0 saturated carbocycles. The number of H-pyrrole nitrogens is 1. The molecular formula is C23H28N8O2S. The first-order valence-electron chi connectivity index (χ1n) is 11.4. The van der Waals surface area contributed by atoms with Crippen molar-refractivity contribution >= 4 is 33.3 Å². The molecule has 11 heteroatoms. The molecular weight excluding hydrogens is 452 g/mol. The van der Waals surface area contributed by atoms with Crippen molar-refractivity contribution in [3.8, 4) is 0 Å². The van der Waals surface area contributed by atoms with E-state index in [1.165, 1.54) is 11.3 Å². The Balaban J connectivity index is 1.41. The zero-order chi connectivity index (χ0) is 23.8. The number of piperidine rings is 1. The Morgan fingerprint density at radius 2 is 1.97 bits per heavy atom. The van der Waals surface area contributed by atoms with Gasteiger partial charge in [-0.05, 0) is 45.7 Å². The highest BCUT2D eigenvalue weighted by molar-refractivity contribution is 7.13. The third-order valence-electron chi connectivity index (χ3n) is 6.06. The summed E-state index contributed by atoms with van der Waals surface area (Å²) in [6, 6.07) is 6.36. The van der Waals surface area contributed by atoms with Crippen LogP contribution >= 0.6 is 11.3 Å². The molecule has 1 saturated heterocycles. The molecule has 0 amide bonds. The summed E-state index contributed by atoms with van der Waals surface area (Å²) in [5.41, 5.74) is 2.55. The number of aryl methyl sites for hydroxylation is 1. The highest BCUT2D eigenvalue weighted by Crippen LogP contribution is 2.28. The fourth-order valence-electron chi connectivity index (χ4n) is 4.69. The van der Waals surface area contributed by atoms with Crippen LogP contribution in [0, 0.1) is 6.92 Å². The summed E-state index contributed by atoms with van der Waals surface area (Å²) in [6.07, 6.45) is 2.28. The largest absolute Gasteiger partial charge is 0.390 e. The number of aromatic nitrogens is 6. The zero-order valence-electron chi connectivity index (χ0n) is 19.4. The van der Waals surface area contributed by atoms with E-state index in [2.05, 4.69) is 39.4 Å². The molecule has 1 aliphatic rings. The van der Waals surface area contributed by atoms with E-state index in [0.29, 0.717) is 57.7 Å². The standard InChI is InChI=1S/C23H28N8O2S/c1-12-7-17(8-13(2)24-12)31-21-20(14(3)30-31)22(33)28-19(27-21)9-16-11-34-23(26-16)29-18-6-4-5-15(10-32)25-18/h4-6,11-13,17,24,32H,7-10H2,1-3H3,(H,25,26,29)(H,27,28,33)/t12-,13+,17?. The van der Waals surface area contributed by atoms with Gasteiger partial charge in [0.2, 0.25) is 0 Å². The lowest BCUT2D eigenvalue weighted by Gasteiger charge is -2.33. The normalized spacial score (nSPS) is 20.6. The number of hydrogen-bond donors (Lipinski definition) is 4. The summed E-state index contributed by atoms with van der Waals surface area (Å²) in [5, 5.41) is 23.9. The van der Waals surface area contributed by atoms with Gasteiger partial charge in [0, 0.05) is 23.9 Å². The van der Waals surface area contributed by atoms with Crippen LogP contribution in [0.25, 0.3) is 11.0 Å². The lowest BCUT2D eigenvalue weighted by molar-refractivity contribution is 0.253. The first-order valence-corrected chi connectivity index (χ1v) is 12.3. The number of aromatic amines is 1. The number of rotatable bonds is 6. The molecule has 34 heavy (non-hydrogen) atoms. The maximum atomic E-state index is 12.9. The van der Waals surface area contributed by atoms with E-state index in [4.69, 9.17) is 10.1 Å². The van der Waals surface area contributed by atoms with Crippen LogP contribution in [0.4, 0.5) is 10.9 Å². The van der Waals surface area contributed by atoms with Crippen LogP contribution in [0.15, 0.2) is 28.4 Å². The molecule has 1 fully saturated rings. The van der Waals surface area contributed by atoms with E-state index in [9.17, 15) is 9.90 Å². The second-order valence-electron chi connectivity index (χ2n) is 8.95. The van der Waals surface area contributed by atoms with Crippen LogP contribution in [-0.4, -0.2) is 46.9 Å². The van der Waals surface area contributed by atoms with Gasteiger partial charge < -0.3 is 20.7 Å². The molecule has 4 aromatic rings. The fourth-order valence-corrected chi connectivity index (χ4v) is 5.41. The van der Waals surface area contributed by atoms with Gasteiger partial charge in [0.15, 0.2) is 10.8 Å². The number of aliphatic hydroxyl groups is 1. The topological polar surface area (TPSA) is 134 Å². The molecule has 10 nitrogen and oxygen atoms in total. The van der Waals surface area contributed by atoms with Gasteiger partial charge in [-0.3, -0.25) is 4.79 Å². The van der Waals surface area contributed by atoms with E-state index in [-0.39, 0.29) is 18.2 Å². The van der Waals surface area contributed by atoms with Gasteiger partial charge in [0.25, 0.3) is 5.56 Å². The van der Waals surface area contributed by atoms with Gasteiger partial charge in [0.05, 0.1) is 29.7 Å². The maximum Gasteiger partial charge on any atom is 0.262 e. The molecule has 1 unspecified atom stereocenters. The lowest BCUT2D eigenvalue weighted by Crippen LogP contribution is -2.43. The minimum absolute atomic E-state index is 0.120. The van der Waals surface area contributed by atoms with Crippen molar-refractivity contribution < 1.29 is 5.11 Å². The summed E-state index contributed by atoms with van der Waals surface area (Å²) >= 11 is 1.45. The highest BCUT2D eigenvalue weighted by Gasteiger charge is 2.28.